The highest BCUT2D eigenvalue weighted by atomic mass is 32.2. The van der Waals surface area contributed by atoms with Crippen LogP contribution in [0.2, 0.25) is 0 Å². The number of benzene rings is 1. The summed E-state index contributed by atoms with van der Waals surface area (Å²) in [6, 6.07) is 7.06. The molecule has 0 saturated carbocycles. The quantitative estimate of drug-likeness (QED) is 0.772. The number of carbonyl (C=O) groups excluding carboxylic acids is 1. The molecule has 1 aromatic heterocycles. The minimum atomic E-state index is -3.27. The molecule has 1 aliphatic heterocycles. The first-order chi connectivity index (χ1) is 11.8. The Morgan fingerprint density at radius 3 is 2.40 bits per heavy atom. The van der Waals surface area contributed by atoms with Gasteiger partial charge in [-0.3, -0.25) is 14.3 Å². The highest BCUT2D eigenvalue weighted by Crippen LogP contribution is 2.12. The summed E-state index contributed by atoms with van der Waals surface area (Å²) in [4.78, 5) is 26.9. The highest BCUT2D eigenvalue weighted by Gasteiger charge is 2.29. The molecule has 1 fully saturated rings. The maximum atomic E-state index is 12.8. The van der Waals surface area contributed by atoms with E-state index in [2.05, 4.69) is 5.10 Å². The molecular formula is C16H20N4O4S. The molecule has 1 saturated heterocycles. The summed E-state index contributed by atoms with van der Waals surface area (Å²) in [6.07, 6.45) is 1.15. The molecule has 1 amide bonds. The zero-order chi connectivity index (χ0) is 18.2. The van der Waals surface area contributed by atoms with Crippen molar-refractivity contribution in [1.29, 1.82) is 0 Å². The number of sulfonamides is 1. The van der Waals surface area contributed by atoms with Gasteiger partial charge in [-0.15, -0.1) is 0 Å². The Bertz CT molecular complexity index is 975. The third-order valence-electron chi connectivity index (χ3n) is 4.36. The van der Waals surface area contributed by atoms with Crippen molar-refractivity contribution in [3.8, 4) is 0 Å². The van der Waals surface area contributed by atoms with E-state index in [1.165, 1.54) is 9.21 Å². The van der Waals surface area contributed by atoms with Crippen LogP contribution in [0.25, 0.3) is 10.9 Å². The van der Waals surface area contributed by atoms with Gasteiger partial charge in [-0.2, -0.15) is 9.40 Å². The van der Waals surface area contributed by atoms with Crippen molar-refractivity contribution in [2.75, 3.05) is 32.4 Å². The van der Waals surface area contributed by atoms with Crippen LogP contribution in [0, 0.1) is 0 Å². The molecule has 0 N–H and O–H groups in total. The molecule has 25 heavy (non-hydrogen) atoms. The first-order valence-electron chi connectivity index (χ1n) is 8.07. The maximum Gasteiger partial charge on any atom is 0.278 e. The van der Waals surface area contributed by atoms with Gasteiger partial charge in [0, 0.05) is 38.1 Å². The van der Waals surface area contributed by atoms with Crippen LogP contribution in [0.1, 0.15) is 17.4 Å². The third-order valence-corrected chi connectivity index (χ3v) is 5.66. The van der Waals surface area contributed by atoms with E-state index in [9.17, 15) is 18.0 Å². The molecule has 1 aliphatic rings. The van der Waals surface area contributed by atoms with Crippen LogP contribution in [0.5, 0.6) is 0 Å². The summed E-state index contributed by atoms with van der Waals surface area (Å²) >= 11 is 0. The molecular weight excluding hydrogens is 344 g/mol. The predicted molar refractivity (Wildman–Crippen MR) is 94.0 cm³/mol. The first-order valence-corrected chi connectivity index (χ1v) is 9.92. The second-order valence-corrected chi connectivity index (χ2v) is 7.95. The van der Waals surface area contributed by atoms with Crippen molar-refractivity contribution in [2.45, 2.75) is 13.5 Å². The van der Waals surface area contributed by atoms with E-state index in [0.717, 1.165) is 6.26 Å². The standard InChI is InChI=1S/C16H20N4O4S/c1-3-20-13-7-5-4-6-12(13)15(21)14(17-20)16(22)18-8-10-19(11-9-18)25(2,23)24/h4-7H,3,8-11H2,1-2H3. The van der Waals surface area contributed by atoms with E-state index in [1.54, 1.807) is 22.9 Å². The van der Waals surface area contributed by atoms with E-state index in [-0.39, 0.29) is 31.9 Å². The summed E-state index contributed by atoms with van der Waals surface area (Å²) in [6.45, 7) is 3.35. The van der Waals surface area contributed by atoms with Gasteiger partial charge in [0.2, 0.25) is 15.5 Å². The smallest absolute Gasteiger partial charge is 0.278 e. The summed E-state index contributed by atoms with van der Waals surface area (Å²) < 4.78 is 26.1. The van der Waals surface area contributed by atoms with Gasteiger partial charge in [0.25, 0.3) is 5.91 Å². The van der Waals surface area contributed by atoms with Gasteiger partial charge in [-0.25, -0.2) is 8.42 Å². The normalized spacial score (nSPS) is 16.3. The fourth-order valence-corrected chi connectivity index (χ4v) is 3.82. The van der Waals surface area contributed by atoms with Crippen LogP contribution >= 0.6 is 0 Å². The van der Waals surface area contributed by atoms with E-state index in [4.69, 9.17) is 0 Å². The fraction of sp³-hybridized carbons (Fsp3) is 0.438. The van der Waals surface area contributed by atoms with Gasteiger partial charge >= 0.3 is 0 Å². The molecule has 8 nitrogen and oxygen atoms in total. The number of fused-ring (bicyclic) bond motifs is 1. The Kier molecular flexibility index (Phi) is 4.61. The Morgan fingerprint density at radius 2 is 1.80 bits per heavy atom. The van der Waals surface area contributed by atoms with E-state index < -0.39 is 21.4 Å². The average Bonchev–Trinajstić information content (AvgIpc) is 2.61. The lowest BCUT2D eigenvalue weighted by Crippen LogP contribution is -2.51. The molecule has 0 aliphatic carbocycles. The predicted octanol–water partition coefficient (Wildman–Crippen LogP) is 0.134. The van der Waals surface area contributed by atoms with Crippen molar-refractivity contribution >= 4 is 26.8 Å². The molecule has 0 radical (unpaired) electrons. The summed E-state index contributed by atoms with van der Waals surface area (Å²) in [5.74, 6) is -0.453. The summed E-state index contributed by atoms with van der Waals surface area (Å²) in [5.41, 5.74) is 0.178. The Hall–Kier alpha value is -2.26. The number of amides is 1. The zero-order valence-corrected chi connectivity index (χ0v) is 15.0. The molecule has 2 aromatic rings. The zero-order valence-electron chi connectivity index (χ0n) is 14.2. The Morgan fingerprint density at radius 1 is 1.16 bits per heavy atom. The van der Waals surface area contributed by atoms with E-state index >= 15 is 0 Å². The van der Waals surface area contributed by atoms with Gasteiger partial charge < -0.3 is 4.90 Å². The van der Waals surface area contributed by atoms with Crippen molar-refractivity contribution in [2.24, 2.45) is 0 Å². The number of hydrogen-bond acceptors (Lipinski definition) is 5. The van der Waals surface area contributed by atoms with Crippen LogP contribution in [-0.4, -0.2) is 65.7 Å². The molecule has 0 unspecified atom stereocenters. The van der Waals surface area contributed by atoms with Crippen LogP contribution in [-0.2, 0) is 16.6 Å². The van der Waals surface area contributed by atoms with Gasteiger partial charge in [0.15, 0.2) is 5.69 Å². The van der Waals surface area contributed by atoms with Crippen LogP contribution in [0.15, 0.2) is 29.1 Å². The monoisotopic (exact) mass is 364 g/mol. The lowest BCUT2D eigenvalue weighted by atomic mass is 10.2. The lowest BCUT2D eigenvalue weighted by molar-refractivity contribution is 0.0688. The van der Waals surface area contributed by atoms with E-state index in [0.29, 0.717) is 17.4 Å². The second kappa shape index (κ2) is 6.57. The topological polar surface area (TPSA) is 92.6 Å². The summed E-state index contributed by atoms with van der Waals surface area (Å²) in [7, 11) is -3.27. The number of carbonyl (C=O) groups is 1. The van der Waals surface area contributed by atoms with Crippen molar-refractivity contribution < 1.29 is 13.2 Å². The van der Waals surface area contributed by atoms with Crippen LogP contribution in [0.3, 0.4) is 0 Å². The minimum Gasteiger partial charge on any atom is -0.334 e. The number of para-hydroxylation sites is 1. The maximum absolute atomic E-state index is 12.8. The molecule has 9 heteroatoms. The number of nitrogens with zero attached hydrogens (tertiary/aromatic N) is 4. The molecule has 1 aromatic carbocycles. The number of aryl methyl sites for hydroxylation is 1. The van der Waals surface area contributed by atoms with Crippen LogP contribution < -0.4 is 5.43 Å². The van der Waals surface area contributed by atoms with Gasteiger partial charge in [-0.05, 0) is 19.1 Å². The summed E-state index contributed by atoms with van der Waals surface area (Å²) in [5, 5.41) is 4.70. The largest absolute Gasteiger partial charge is 0.334 e. The number of hydrogen-bond donors (Lipinski definition) is 0. The third kappa shape index (κ3) is 3.29. The first kappa shape index (κ1) is 17.6. The van der Waals surface area contributed by atoms with Gasteiger partial charge in [0.05, 0.1) is 11.8 Å². The van der Waals surface area contributed by atoms with Gasteiger partial charge in [-0.1, -0.05) is 12.1 Å². The van der Waals surface area contributed by atoms with Crippen molar-refractivity contribution in [1.82, 2.24) is 19.0 Å². The van der Waals surface area contributed by atoms with Crippen molar-refractivity contribution in [3.05, 3.63) is 40.2 Å². The number of rotatable bonds is 3. The second-order valence-electron chi connectivity index (χ2n) is 5.96. The van der Waals surface area contributed by atoms with Crippen LogP contribution in [0.4, 0.5) is 0 Å². The molecule has 2 heterocycles. The molecule has 0 spiro atoms. The Balaban J connectivity index is 1.93. The molecule has 0 bridgehead atoms. The number of piperazine rings is 1. The molecule has 3 rings (SSSR count). The lowest BCUT2D eigenvalue weighted by Gasteiger charge is -2.33. The minimum absolute atomic E-state index is 0.117. The molecule has 0 atom stereocenters. The van der Waals surface area contributed by atoms with E-state index in [1.807, 2.05) is 13.0 Å². The SMILES string of the molecule is CCn1nc(C(=O)N2CCN(S(C)(=O)=O)CC2)c(=O)c2ccccc21. The fourth-order valence-electron chi connectivity index (χ4n) is 2.99. The van der Waals surface area contributed by atoms with Gasteiger partial charge in [0.1, 0.15) is 0 Å². The number of aromatic nitrogens is 2. The highest BCUT2D eigenvalue weighted by molar-refractivity contribution is 7.88. The average molecular weight is 364 g/mol. The van der Waals surface area contributed by atoms with Crippen molar-refractivity contribution in [3.63, 3.8) is 0 Å². The Labute approximate surface area is 145 Å². The molecule has 134 valence electrons.